The quantitative estimate of drug-likeness (QED) is 0.609. The highest BCUT2D eigenvalue weighted by molar-refractivity contribution is 5.70. The minimum absolute atomic E-state index is 0. The first-order chi connectivity index (χ1) is 7.72. The lowest BCUT2D eigenvalue weighted by atomic mass is 10.5. The topological polar surface area (TPSA) is 119 Å². The van der Waals surface area contributed by atoms with E-state index in [2.05, 4.69) is 15.0 Å². The van der Waals surface area contributed by atoms with Crippen molar-refractivity contribution in [1.82, 2.24) is 19.5 Å². The van der Waals surface area contributed by atoms with Gasteiger partial charge in [-0.15, -0.1) is 0 Å². The molecular weight excluding hydrogens is 226 g/mol. The van der Waals surface area contributed by atoms with Gasteiger partial charge in [-0.25, -0.2) is 4.98 Å². The standard InChI is InChI=1S/C8H11N5O3.CH4/c9-8-11-6-5(7(15)12-8)10-3-13(6)4-16-2-1-14;/h3,14H,1-2,4H2,(H3,9,11,12,15);1H4. The smallest absolute Gasteiger partial charge is 0.280 e. The second-order valence-electron chi connectivity index (χ2n) is 3.10. The van der Waals surface area contributed by atoms with Crippen LogP contribution >= 0.6 is 0 Å². The van der Waals surface area contributed by atoms with Crippen LogP contribution in [-0.2, 0) is 11.5 Å². The Morgan fingerprint density at radius 3 is 3.06 bits per heavy atom. The zero-order chi connectivity index (χ0) is 11.5. The Labute approximate surface area is 97.1 Å². The number of hydrogen-bond donors (Lipinski definition) is 3. The van der Waals surface area contributed by atoms with Gasteiger partial charge in [0.2, 0.25) is 5.95 Å². The van der Waals surface area contributed by atoms with Crippen molar-refractivity contribution in [3.05, 3.63) is 16.7 Å². The molecule has 17 heavy (non-hydrogen) atoms. The molecule has 0 amide bonds. The maximum Gasteiger partial charge on any atom is 0.280 e. The summed E-state index contributed by atoms with van der Waals surface area (Å²) in [6.07, 6.45) is 1.43. The molecule has 2 rings (SSSR count). The predicted octanol–water partition coefficient (Wildman–Crippen LogP) is -0.696. The molecular formula is C9H15N5O3. The van der Waals surface area contributed by atoms with Gasteiger partial charge in [0.05, 0.1) is 19.5 Å². The Kier molecular flexibility index (Phi) is 4.18. The molecule has 4 N–H and O–H groups in total. The van der Waals surface area contributed by atoms with Crippen LogP contribution in [-0.4, -0.2) is 37.8 Å². The normalized spacial score (nSPS) is 10.4. The van der Waals surface area contributed by atoms with Crippen molar-refractivity contribution in [2.75, 3.05) is 18.9 Å². The Morgan fingerprint density at radius 2 is 2.35 bits per heavy atom. The number of nitrogens with two attached hydrogens (primary N) is 1. The van der Waals surface area contributed by atoms with Gasteiger partial charge in [0.25, 0.3) is 5.56 Å². The average molecular weight is 241 g/mol. The van der Waals surface area contributed by atoms with Gasteiger partial charge >= 0.3 is 0 Å². The Morgan fingerprint density at radius 1 is 1.59 bits per heavy atom. The maximum absolute atomic E-state index is 11.4. The maximum atomic E-state index is 11.4. The van der Waals surface area contributed by atoms with Gasteiger partial charge in [0.15, 0.2) is 11.2 Å². The molecule has 0 saturated heterocycles. The lowest BCUT2D eigenvalue weighted by molar-refractivity contribution is 0.0499. The third kappa shape index (κ3) is 2.60. The minimum atomic E-state index is -0.386. The molecule has 0 fully saturated rings. The van der Waals surface area contributed by atoms with Crippen LogP contribution in [0.15, 0.2) is 11.1 Å². The number of imidazole rings is 1. The van der Waals surface area contributed by atoms with Crippen LogP contribution in [0, 0.1) is 0 Å². The van der Waals surface area contributed by atoms with Crippen LogP contribution in [0.4, 0.5) is 5.95 Å². The van der Waals surface area contributed by atoms with E-state index in [1.54, 1.807) is 0 Å². The van der Waals surface area contributed by atoms with E-state index in [9.17, 15) is 4.79 Å². The van der Waals surface area contributed by atoms with Crippen LogP contribution in [0.2, 0.25) is 0 Å². The summed E-state index contributed by atoms with van der Waals surface area (Å²) in [5, 5.41) is 8.56. The van der Waals surface area contributed by atoms with Crippen molar-refractivity contribution in [3.63, 3.8) is 0 Å². The lowest BCUT2D eigenvalue weighted by Crippen LogP contribution is -2.13. The van der Waals surface area contributed by atoms with Gasteiger partial charge in [0, 0.05) is 0 Å². The molecule has 0 bridgehead atoms. The summed E-state index contributed by atoms with van der Waals surface area (Å²) in [4.78, 5) is 21.6. The summed E-state index contributed by atoms with van der Waals surface area (Å²) < 4.78 is 6.63. The Hall–Kier alpha value is -1.93. The van der Waals surface area contributed by atoms with Crippen molar-refractivity contribution in [3.8, 4) is 0 Å². The van der Waals surface area contributed by atoms with Gasteiger partial charge < -0.3 is 15.6 Å². The number of H-pyrrole nitrogens is 1. The molecule has 0 aliphatic carbocycles. The minimum Gasteiger partial charge on any atom is -0.394 e. The lowest BCUT2D eigenvalue weighted by Gasteiger charge is -2.03. The first-order valence-corrected chi connectivity index (χ1v) is 4.61. The van der Waals surface area contributed by atoms with E-state index in [-0.39, 0.29) is 44.4 Å². The molecule has 0 saturated carbocycles. The van der Waals surface area contributed by atoms with Crippen molar-refractivity contribution in [2.45, 2.75) is 14.2 Å². The van der Waals surface area contributed by atoms with Crippen molar-refractivity contribution in [1.29, 1.82) is 0 Å². The van der Waals surface area contributed by atoms with E-state index in [1.165, 1.54) is 10.9 Å². The second-order valence-corrected chi connectivity index (χ2v) is 3.10. The van der Waals surface area contributed by atoms with E-state index in [4.69, 9.17) is 15.6 Å². The molecule has 0 aliphatic heterocycles. The number of fused-ring (bicyclic) bond motifs is 1. The van der Waals surface area contributed by atoms with Gasteiger partial charge in [0.1, 0.15) is 6.73 Å². The number of aromatic amines is 1. The molecule has 94 valence electrons. The highest BCUT2D eigenvalue weighted by Gasteiger charge is 2.08. The SMILES string of the molecule is C.Nc1nc2c(ncn2COCCO)c(=O)[nH]1. The summed E-state index contributed by atoms with van der Waals surface area (Å²) in [5.74, 6) is 0.0291. The zero-order valence-electron chi connectivity index (χ0n) is 8.38. The number of anilines is 1. The van der Waals surface area contributed by atoms with E-state index in [0.717, 1.165) is 0 Å². The molecule has 0 radical (unpaired) electrons. The summed E-state index contributed by atoms with van der Waals surface area (Å²) in [6.45, 7) is 0.300. The number of nitrogen functional groups attached to an aromatic ring is 1. The number of nitrogens with one attached hydrogen (secondary N) is 1. The van der Waals surface area contributed by atoms with Crippen LogP contribution < -0.4 is 11.3 Å². The molecule has 2 aromatic heterocycles. The van der Waals surface area contributed by atoms with Crippen LogP contribution in [0.1, 0.15) is 7.43 Å². The molecule has 0 unspecified atom stereocenters. The molecule has 8 heteroatoms. The second kappa shape index (κ2) is 5.41. The number of ether oxygens (including phenoxy) is 1. The van der Waals surface area contributed by atoms with Gasteiger partial charge in [-0.05, 0) is 0 Å². The summed E-state index contributed by atoms with van der Waals surface area (Å²) >= 11 is 0. The van der Waals surface area contributed by atoms with E-state index in [0.29, 0.717) is 5.65 Å². The van der Waals surface area contributed by atoms with Crippen molar-refractivity contribution < 1.29 is 9.84 Å². The molecule has 2 heterocycles. The predicted molar refractivity (Wildman–Crippen MR) is 62.3 cm³/mol. The monoisotopic (exact) mass is 241 g/mol. The number of aliphatic hydroxyl groups is 1. The molecule has 0 aromatic carbocycles. The number of nitrogens with zero attached hydrogens (tertiary/aromatic N) is 3. The number of aromatic nitrogens is 4. The molecule has 2 aromatic rings. The number of aliphatic hydroxyl groups excluding tert-OH is 1. The van der Waals surface area contributed by atoms with Crippen molar-refractivity contribution >= 4 is 17.1 Å². The molecule has 0 atom stereocenters. The van der Waals surface area contributed by atoms with Crippen LogP contribution in [0.3, 0.4) is 0 Å². The van der Waals surface area contributed by atoms with E-state index >= 15 is 0 Å². The number of hydrogen-bond acceptors (Lipinski definition) is 6. The number of rotatable bonds is 4. The van der Waals surface area contributed by atoms with Gasteiger partial charge in [-0.2, -0.15) is 4.98 Å². The molecule has 0 spiro atoms. The zero-order valence-corrected chi connectivity index (χ0v) is 8.38. The first-order valence-electron chi connectivity index (χ1n) is 4.61. The fourth-order valence-electron chi connectivity index (χ4n) is 1.29. The first kappa shape index (κ1) is 13.1. The molecule has 8 nitrogen and oxygen atoms in total. The largest absolute Gasteiger partial charge is 0.394 e. The van der Waals surface area contributed by atoms with Gasteiger partial charge in [-0.3, -0.25) is 14.3 Å². The highest BCUT2D eigenvalue weighted by Crippen LogP contribution is 2.05. The van der Waals surface area contributed by atoms with Crippen molar-refractivity contribution in [2.24, 2.45) is 0 Å². The summed E-state index contributed by atoms with van der Waals surface area (Å²) in [6, 6.07) is 0. The summed E-state index contributed by atoms with van der Waals surface area (Å²) in [5.41, 5.74) is 5.60. The van der Waals surface area contributed by atoms with E-state index < -0.39 is 0 Å². The van der Waals surface area contributed by atoms with E-state index in [1.807, 2.05) is 0 Å². The third-order valence-electron chi connectivity index (χ3n) is 1.96. The molecule has 0 aliphatic rings. The van der Waals surface area contributed by atoms with Crippen LogP contribution in [0.25, 0.3) is 11.2 Å². The fourth-order valence-corrected chi connectivity index (χ4v) is 1.29. The average Bonchev–Trinajstić information content (AvgIpc) is 2.62. The Bertz CT molecular complexity index is 547. The summed E-state index contributed by atoms with van der Waals surface area (Å²) in [7, 11) is 0. The Balaban J connectivity index is 0.00000144. The fraction of sp³-hybridized carbons (Fsp3) is 0.444. The van der Waals surface area contributed by atoms with Crippen LogP contribution in [0.5, 0.6) is 0 Å². The van der Waals surface area contributed by atoms with Gasteiger partial charge in [-0.1, -0.05) is 7.43 Å². The third-order valence-corrected chi connectivity index (χ3v) is 1.96. The highest BCUT2D eigenvalue weighted by atomic mass is 16.5.